The molecule has 33 heavy (non-hydrogen) atoms. The van der Waals surface area contributed by atoms with Crippen LogP contribution in [0.2, 0.25) is 0 Å². The van der Waals surface area contributed by atoms with Crippen LogP contribution < -0.4 is 0 Å². The van der Waals surface area contributed by atoms with Crippen LogP contribution in [0.5, 0.6) is 0 Å². The van der Waals surface area contributed by atoms with Gasteiger partial charge in [-0.15, -0.1) is 10.2 Å². The van der Waals surface area contributed by atoms with E-state index in [1.54, 1.807) is 6.92 Å². The second-order valence-electron chi connectivity index (χ2n) is 12.4. The van der Waals surface area contributed by atoms with Crippen molar-refractivity contribution in [2.24, 2.45) is 46.3 Å². The molecule has 0 radical (unpaired) electrons. The quantitative estimate of drug-likeness (QED) is 0.437. The number of aromatic nitrogens is 2. The van der Waals surface area contributed by atoms with Crippen LogP contribution >= 0.6 is 0 Å². The van der Waals surface area contributed by atoms with Crippen molar-refractivity contribution in [3.8, 4) is 0 Å². The predicted molar refractivity (Wildman–Crippen MR) is 128 cm³/mol. The molecule has 1 aromatic heterocycles. The molecule has 4 saturated carbocycles. The molecule has 4 unspecified atom stereocenters. The van der Waals surface area contributed by atoms with Crippen molar-refractivity contribution in [1.29, 1.82) is 0 Å². The lowest BCUT2D eigenvalue weighted by molar-refractivity contribution is -0.114. The summed E-state index contributed by atoms with van der Waals surface area (Å²) >= 11 is 0. The highest BCUT2D eigenvalue weighted by Crippen LogP contribution is 2.68. The lowest BCUT2D eigenvalue weighted by Crippen LogP contribution is -2.53. The van der Waals surface area contributed by atoms with Crippen LogP contribution in [-0.4, -0.2) is 22.8 Å². The van der Waals surface area contributed by atoms with E-state index in [1.807, 2.05) is 0 Å². The van der Waals surface area contributed by atoms with Crippen LogP contribution in [0.1, 0.15) is 115 Å². The van der Waals surface area contributed by atoms with Gasteiger partial charge in [0, 0.05) is 6.42 Å². The third-order valence-electron chi connectivity index (χ3n) is 11.1. The molecule has 0 spiro atoms. The Bertz CT molecular complexity index is 852. The van der Waals surface area contributed by atoms with Crippen molar-refractivity contribution in [2.75, 3.05) is 6.61 Å². The number of fused-ring (bicyclic) bond motifs is 5. The van der Waals surface area contributed by atoms with Gasteiger partial charge in [0.05, 0.1) is 6.61 Å². The molecule has 5 heteroatoms. The molecule has 1 heterocycles. The van der Waals surface area contributed by atoms with Gasteiger partial charge in [-0.25, -0.2) is 4.79 Å². The molecule has 0 amide bonds. The monoisotopic (exact) mass is 456 g/mol. The van der Waals surface area contributed by atoms with Crippen LogP contribution in [0.3, 0.4) is 0 Å². The molecule has 5 rings (SSSR count). The molecule has 0 aromatic carbocycles. The van der Waals surface area contributed by atoms with Gasteiger partial charge in [0.15, 0.2) is 0 Å². The third kappa shape index (κ3) is 3.95. The van der Waals surface area contributed by atoms with Crippen molar-refractivity contribution in [3.05, 3.63) is 11.8 Å². The maximum Gasteiger partial charge on any atom is 0.396 e. The Kier molecular flexibility index (Phi) is 6.37. The SMILES string of the molecule is CCOC(=O)c1nnc(CC[C@@H](C)C2CCC3C4CC[C@@H]5CCCC[C@]5(C)C4CC[C@@]32C)o1. The number of rotatable bonds is 6. The maximum atomic E-state index is 11.8. The number of hydrogen-bond acceptors (Lipinski definition) is 5. The summed E-state index contributed by atoms with van der Waals surface area (Å²) in [5.41, 5.74) is 1.12. The fourth-order valence-electron chi connectivity index (χ4n) is 9.45. The van der Waals surface area contributed by atoms with Crippen molar-refractivity contribution in [2.45, 2.75) is 105 Å². The average molecular weight is 457 g/mol. The minimum atomic E-state index is -0.520. The summed E-state index contributed by atoms with van der Waals surface area (Å²) in [7, 11) is 0. The summed E-state index contributed by atoms with van der Waals surface area (Å²) < 4.78 is 10.5. The first-order valence-electron chi connectivity index (χ1n) is 13.9. The second-order valence-corrected chi connectivity index (χ2v) is 12.4. The summed E-state index contributed by atoms with van der Waals surface area (Å²) in [5, 5.41) is 7.98. The van der Waals surface area contributed by atoms with Gasteiger partial charge in [-0.1, -0.05) is 33.6 Å². The van der Waals surface area contributed by atoms with Gasteiger partial charge in [-0.05, 0) is 111 Å². The number of carbonyl (C=O) groups excluding carboxylic acids is 1. The van der Waals surface area contributed by atoms with Crippen molar-refractivity contribution < 1.29 is 13.9 Å². The highest BCUT2D eigenvalue weighted by molar-refractivity contribution is 5.83. The highest BCUT2D eigenvalue weighted by atomic mass is 16.5. The van der Waals surface area contributed by atoms with Gasteiger partial charge >= 0.3 is 11.9 Å². The maximum absolute atomic E-state index is 11.8. The standard InChI is InChI=1S/C28H44N2O3/c1-5-32-26(31)25-30-29-24(33-25)14-9-18(2)21-12-13-22-20-11-10-19-8-6-7-16-27(19,3)23(20)15-17-28(21,22)4/h18-23H,5-17H2,1-4H3/t18-,19+,20?,21?,22?,23?,27+,28-/m1/s1. The summed E-state index contributed by atoms with van der Waals surface area (Å²) in [4.78, 5) is 11.8. The van der Waals surface area contributed by atoms with E-state index in [9.17, 15) is 4.79 Å². The van der Waals surface area contributed by atoms with E-state index >= 15 is 0 Å². The number of carbonyl (C=O) groups is 1. The van der Waals surface area contributed by atoms with E-state index in [0.717, 1.165) is 42.4 Å². The van der Waals surface area contributed by atoms with Crippen LogP contribution in [0.4, 0.5) is 0 Å². The Morgan fingerprint density at radius 3 is 2.67 bits per heavy atom. The molecule has 0 bridgehead atoms. The molecule has 184 valence electrons. The first kappa shape index (κ1) is 23.4. The summed E-state index contributed by atoms with van der Waals surface area (Å²) in [6, 6.07) is 0. The first-order valence-corrected chi connectivity index (χ1v) is 13.9. The Labute approximate surface area is 199 Å². The summed E-state index contributed by atoms with van der Waals surface area (Å²) in [6.07, 6.45) is 16.4. The minimum Gasteiger partial charge on any atom is -0.459 e. The largest absolute Gasteiger partial charge is 0.459 e. The van der Waals surface area contributed by atoms with Crippen molar-refractivity contribution in [1.82, 2.24) is 10.2 Å². The second kappa shape index (κ2) is 9.00. The minimum absolute atomic E-state index is 0.0162. The van der Waals surface area contributed by atoms with Gasteiger partial charge in [0.1, 0.15) is 0 Å². The number of nitrogens with zero attached hydrogens (tertiary/aromatic N) is 2. The van der Waals surface area contributed by atoms with Gasteiger partial charge in [-0.2, -0.15) is 0 Å². The Hall–Kier alpha value is -1.39. The van der Waals surface area contributed by atoms with Gasteiger partial charge in [-0.3, -0.25) is 0 Å². The Balaban J connectivity index is 1.23. The average Bonchev–Trinajstić information content (AvgIpc) is 3.41. The van der Waals surface area contributed by atoms with E-state index in [0.29, 0.717) is 29.2 Å². The fourth-order valence-corrected chi connectivity index (χ4v) is 9.45. The molecule has 1 aromatic rings. The van der Waals surface area contributed by atoms with E-state index < -0.39 is 5.97 Å². The third-order valence-corrected chi connectivity index (χ3v) is 11.1. The summed E-state index contributed by atoms with van der Waals surface area (Å²) in [5.74, 6) is 5.31. The van der Waals surface area contributed by atoms with E-state index in [2.05, 4.69) is 31.0 Å². The molecular weight excluding hydrogens is 412 g/mol. The van der Waals surface area contributed by atoms with Gasteiger partial charge in [0.2, 0.25) is 5.89 Å². The van der Waals surface area contributed by atoms with E-state index in [-0.39, 0.29) is 5.89 Å². The molecule has 0 aliphatic heterocycles. The number of hydrogen-bond donors (Lipinski definition) is 0. The van der Waals surface area contributed by atoms with Gasteiger partial charge < -0.3 is 9.15 Å². The van der Waals surface area contributed by atoms with Crippen LogP contribution in [0, 0.1) is 46.3 Å². The Morgan fingerprint density at radius 2 is 1.85 bits per heavy atom. The predicted octanol–water partition coefficient (Wildman–Crippen LogP) is 6.86. The van der Waals surface area contributed by atoms with Gasteiger partial charge in [0.25, 0.3) is 0 Å². The lowest BCUT2D eigenvalue weighted by Gasteiger charge is -2.61. The molecule has 5 nitrogen and oxygen atoms in total. The normalized spacial score (nSPS) is 41.0. The first-order chi connectivity index (χ1) is 15.9. The number of aryl methyl sites for hydroxylation is 1. The fraction of sp³-hybridized carbons (Fsp3) is 0.893. The lowest BCUT2D eigenvalue weighted by atomic mass is 9.44. The zero-order valence-corrected chi connectivity index (χ0v) is 21.3. The molecular formula is C28H44N2O3. The Morgan fingerprint density at radius 1 is 1.03 bits per heavy atom. The molecule has 8 atom stereocenters. The summed E-state index contributed by atoms with van der Waals surface area (Å²) in [6.45, 7) is 9.85. The molecule has 4 fully saturated rings. The molecule has 0 saturated heterocycles. The van der Waals surface area contributed by atoms with Crippen LogP contribution in [0.25, 0.3) is 0 Å². The van der Waals surface area contributed by atoms with Crippen molar-refractivity contribution >= 4 is 5.97 Å². The molecule has 4 aliphatic carbocycles. The topological polar surface area (TPSA) is 65.2 Å². The molecule has 4 aliphatic rings. The zero-order chi connectivity index (χ0) is 23.2. The number of ether oxygens (including phenoxy) is 1. The zero-order valence-electron chi connectivity index (χ0n) is 21.3. The smallest absolute Gasteiger partial charge is 0.396 e. The molecule has 0 N–H and O–H groups in total. The van der Waals surface area contributed by atoms with E-state index in [4.69, 9.17) is 9.15 Å². The van der Waals surface area contributed by atoms with Crippen molar-refractivity contribution in [3.63, 3.8) is 0 Å². The highest BCUT2D eigenvalue weighted by Gasteiger charge is 2.60. The number of esters is 1. The van der Waals surface area contributed by atoms with Crippen LogP contribution in [-0.2, 0) is 11.2 Å². The van der Waals surface area contributed by atoms with E-state index in [1.165, 1.54) is 64.2 Å². The van der Waals surface area contributed by atoms with Crippen LogP contribution in [0.15, 0.2) is 4.42 Å².